The third-order valence-corrected chi connectivity index (χ3v) is 14.6. The number of aromatic hydroxyl groups is 4. The second-order valence-corrected chi connectivity index (χ2v) is 28.3. The number of amidine groups is 2. The van der Waals surface area contributed by atoms with E-state index in [2.05, 4.69) is 203 Å². The van der Waals surface area contributed by atoms with Gasteiger partial charge in [-0.2, -0.15) is 0 Å². The Hall–Kier alpha value is -5.18. The van der Waals surface area contributed by atoms with Gasteiger partial charge in [-0.25, -0.2) is 9.98 Å². The molecule has 0 spiro atoms. The maximum atomic E-state index is 12.1. The summed E-state index contributed by atoms with van der Waals surface area (Å²) in [4.78, 5) is 13.6. The van der Waals surface area contributed by atoms with Crippen LogP contribution in [0.25, 0.3) is 0 Å². The van der Waals surface area contributed by atoms with E-state index < -0.39 is 0 Å². The number of hydrogen-bond acceptors (Lipinski definition) is 9. The molecule has 1 atom stereocenters. The number of hydrogen-bond donors (Lipinski definition) is 6. The van der Waals surface area contributed by atoms with E-state index in [4.69, 9.17) is 9.98 Å². The summed E-state index contributed by atoms with van der Waals surface area (Å²) in [7, 11) is 3.81. The Morgan fingerprint density at radius 3 is 1.08 bits per heavy atom. The zero-order valence-electron chi connectivity index (χ0n) is 49.7. The highest BCUT2D eigenvalue weighted by atomic mass is 16.3. The third kappa shape index (κ3) is 13.6. The van der Waals surface area contributed by atoms with E-state index in [-0.39, 0.29) is 49.8 Å². The topological polar surface area (TPSA) is 133 Å². The number of aryl methyl sites for hydroxylation is 3. The molecular weight excluding hydrogens is 903 g/mol. The van der Waals surface area contributed by atoms with E-state index in [0.29, 0.717) is 68.0 Å². The van der Waals surface area contributed by atoms with Gasteiger partial charge in [0, 0.05) is 43.8 Å². The Kier molecular flexibility index (Phi) is 16.8. The van der Waals surface area contributed by atoms with Crippen LogP contribution in [0, 0.1) is 0 Å². The smallest absolute Gasteiger partial charge is 0.142 e. The average molecular weight is 1000 g/mol. The molecule has 0 saturated heterocycles. The van der Waals surface area contributed by atoms with Crippen LogP contribution in [-0.4, -0.2) is 57.3 Å². The lowest BCUT2D eigenvalue weighted by Crippen LogP contribution is -2.43. The summed E-state index contributed by atoms with van der Waals surface area (Å²) in [5.41, 5.74) is 10.4. The summed E-state index contributed by atoms with van der Waals surface area (Å²) in [6, 6.07) is 15.2. The molecule has 1 heterocycles. The second-order valence-electron chi connectivity index (χ2n) is 28.3. The number of anilines is 2. The van der Waals surface area contributed by atoms with Crippen LogP contribution in [-0.2, 0) is 63.7 Å². The van der Waals surface area contributed by atoms with Gasteiger partial charge in [-0.15, -0.1) is 0 Å². The first kappa shape index (κ1) is 58.7. The molecule has 4 aromatic rings. The van der Waals surface area contributed by atoms with Crippen molar-refractivity contribution in [2.45, 2.75) is 235 Å². The number of aliphatic imine (C=N–C) groups is 2. The van der Waals surface area contributed by atoms with Crippen LogP contribution in [0.15, 0.2) is 52.4 Å². The Morgan fingerprint density at radius 1 is 0.425 bits per heavy atom. The molecular formula is C64H97N5O4. The molecule has 0 radical (unpaired) electrons. The highest BCUT2D eigenvalue weighted by molar-refractivity contribution is 5.99. The van der Waals surface area contributed by atoms with Gasteiger partial charge in [0.1, 0.15) is 40.8 Å². The van der Waals surface area contributed by atoms with Gasteiger partial charge in [0.2, 0.25) is 0 Å². The van der Waals surface area contributed by atoms with Crippen LogP contribution >= 0.6 is 0 Å². The number of rotatable bonds is 13. The lowest BCUT2D eigenvalue weighted by atomic mass is 9.78. The molecule has 0 saturated carbocycles. The van der Waals surface area contributed by atoms with Crippen molar-refractivity contribution in [1.29, 1.82) is 0 Å². The van der Waals surface area contributed by atoms with Crippen molar-refractivity contribution in [1.82, 2.24) is 4.90 Å². The monoisotopic (exact) mass is 1000 g/mol. The predicted octanol–water partition coefficient (Wildman–Crippen LogP) is 15.5. The zero-order chi connectivity index (χ0) is 55.4. The molecule has 0 amide bonds. The van der Waals surface area contributed by atoms with Gasteiger partial charge >= 0.3 is 0 Å². The van der Waals surface area contributed by atoms with Crippen LogP contribution in [0.5, 0.6) is 23.0 Å². The molecule has 73 heavy (non-hydrogen) atoms. The molecule has 0 bridgehead atoms. The lowest BCUT2D eigenvalue weighted by molar-refractivity contribution is 0.286. The summed E-state index contributed by atoms with van der Waals surface area (Å²) in [6.07, 6.45) is 3.60. The van der Waals surface area contributed by atoms with Gasteiger partial charge in [-0.05, 0) is 120 Å². The SMILES string of the molecule is CNc1cc(C(C)(C)C)c(O)c(NC)c1CN1C(CCc2cc(C(C)(C)C)c(O)c(C(C)(C)C)c2)=NC(CCc2cc(C(C)(C)C)c(O)c(C(C)(C)C)c2)=NC1CCc1cc(C(C)(C)C)c(O)c(C(C)(C)C)c1. The van der Waals surface area contributed by atoms with Crippen LogP contribution < -0.4 is 10.6 Å². The molecule has 1 aliphatic heterocycles. The van der Waals surface area contributed by atoms with Gasteiger partial charge in [0.25, 0.3) is 0 Å². The quantitative estimate of drug-likeness (QED) is 0.0580. The number of benzene rings is 4. The Labute approximate surface area is 442 Å². The minimum absolute atomic E-state index is 0.236. The molecule has 9 nitrogen and oxygen atoms in total. The Morgan fingerprint density at radius 2 is 0.753 bits per heavy atom. The van der Waals surface area contributed by atoms with Crippen molar-refractivity contribution in [3.63, 3.8) is 0 Å². The molecule has 1 aliphatic rings. The van der Waals surface area contributed by atoms with E-state index in [1.54, 1.807) is 0 Å². The fraction of sp³-hybridized carbons (Fsp3) is 0.594. The largest absolute Gasteiger partial charge is 0.507 e. The van der Waals surface area contributed by atoms with Crippen LogP contribution in [0.1, 0.15) is 226 Å². The average Bonchev–Trinajstić information content (AvgIpc) is 3.23. The highest BCUT2D eigenvalue weighted by Crippen LogP contribution is 2.46. The van der Waals surface area contributed by atoms with Crippen molar-refractivity contribution in [3.05, 3.63) is 104 Å². The van der Waals surface area contributed by atoms with Gasteiger partial charge in [0.05, 0.1) is 12.2 Å². The first-order chi connectivity index (χ1) is 33.2. The molecule has 0 aliphatic carbocycles. The van der Waals surface area contributed by atoms with Crippen molar-refractivity contribution in [2.24, 2.45) is 9.98 Å². The maximum absolute atomic E-state index is 12.1. The Bertz CT molecular complexity index is 2610. The van der Waals surface area contributed by atoms with Gasteiger partial charge in [0.15, 0.2) is 0 Å². The van der Waals surface area contributed by atoms with Crippen molar-refractivity contribution in [3.8, 4) is 23.0 Å². The first-order valence-corrected chi connectivity index (χ1v) is 26.9. The minimum atomic E-state index is -0.337. The molecule has 1 unspecified atom stereocenters. The predicted molar refractivity (Wildman–Crippen MR) is 312 cm³/mol. The third-order valence-electron chi connectivity index (χ3n) is 14.6. The lowest BCUT2D eigenvalue weighted by Gasteiger charge is -2.37. The number of phenols is 4. The van der Waals surface area contributed by atoms with E-state index in [1.165, 1.54) is 0 Å². The fourth-order valence-corrected chi connectivity index (χ4v) is 10.3. The van der Waals surface area contributed by atoms with Crippen LogP contribution in [0.2, 0.25) is 0 Å². The summed E-state index contributed by atoms with van der Waals surface area (Å²) in [6.45, 7) is 45.6. The van der Waals surface area contributed by atoms with Crippen LogP contribution in [0.4, 0.5) is 11.4 Å². The molecule has 0 fully saturated rings. The van der Waals surface area contributed by atoms with E-state index in [1.807, 2.05) is 14.1 Å². The molecule has 6 N–H and O–H groups in total. The standard InChI is InChI=1S/C64H97N5O4/c1-58(2,3)42-30-38(31-43(54(42)70)59(4,5)6)24-27-50-67-51(28-25-39-32-44(60(7,8)9)55(71)45(33-39)61(10,11)12)69(37-41-49(65-22)36-48(64(19,20)21)57(73)53(41)66-23)52(68-50)29-26-40-34-46(62(13,14)15)56(72)47(35-40)63(16,17)18/h30-36,51,65-66,70-73H,24-29,37H2,1-23H3. The van der Waals surface area contributed by atoms with Crippen molar-refractivity contribution in [2.75, 3.05) is 24.7 Å². The minimum Gasteiger partial charge on any atom is -0.507 e. The molecule has 5 rings (SSSR count). The van der Waals surface area contributed by atoms with Crippen LogP contribution in [0.3, 0.4) is 0 Å². The first-order valence-electron chi connectivity index (χ1n) is 26.9. The Balaban J connectivity index is 1.76. The molecule has 4 aromatic carbocycles. The van der Waals surface area contributed by atoms with Crippen molar-refractivity contribution < 1.29 is 20.4 Å². The van der Waals surface area contributed by atoms with Gasteiger partial charge in [-0.3, -0.25) is 0 Å². The van der Waals surface area contributed by atoms with Gasteiger partial charge in [-0.1, -0.05) is 182 Å². The molecule has 0 aromatic heterocycles. The maximum Gasteiger partial charge on any atom is 0.142 e. The summed E-state index contributed by atoms with van der Waals surface area (Å²) in [5, 5.41) is 54.1. The molecule has 9 heteroatoms. The summed E-state index contributed by atoms with van der Waals surface area (Å²) in [5.74, 6) is 3.03. The summed E-state index contributed by atoms with van der Waals surface area (Å²) < 4.78 is 0. The van der Waals surface area contributed by atoms with Crippen molar-refractivity contribution >= 4 is 23.0 Å². The number of nitrogens with zero attached hydrogens (tertiary/aromatic N) is 3. The van der Waals surface area contributed by atoms with E-state index in [9.17, 15) is 20.4 Å². The second kappa shape index (κ2) is 20.9. The highest BCUT2D eigenvalue weighted by Gasteiger charge is 2.34. The normalized spacial score (nSPS) is 15.4. The van der Waals surface area contributed by atoms with Gasteiger partial charge < -0.3 is 36.0 Å². The van der Waals surface area contributed by atoms with E-state index >= 15 is 0 Å². The number of nitrogens with one attached hydrogen (secondary N) is 2. The number of phenolic OH excluding ortho intramolecular Hbond substituents is 4. The fourth-order valence-electron chi connectivity index (χ4n) is 10.3. The van der Waals surface area contributed by atoms with E-state index in [0.717, 1.165) is 78.6 Å². The zero-order valence-corrected chi connectivity index (χ0v) is 49.7. The molecule has 402 valence electrons. The summed E-state index contributed by atoms with van der Waals surface area (Å²) >= 11 is 0.